The van der Waals surface area contributed by atoms with Gasteiger partial charge in [-0.1, -0.05) is 43.3 Å². The van der Waals surface area contributed by atoms with E-state index in [2.05, 4.69) is 10.2 Å². The molecule has 31 heavy (non-hydrogen) atoms. The van der Waals surface area contributed by atoms with Gasteiger partial charge in [0.25, 0.3) is 0 Å². The lowest BCUT2D eigenvalue weighted by Gasteiger charge is -2.33. The van der Waals surface area contributed by atoms with Gasteiger partial charge in [0.05, 0.1) is 12.3 Å². The van der Waals surface area contributed by atoms with E-state index < -0.39 is 5.60 Å². The Bertz CT molecular complexity index is 934. The molecule has 0 saturated heterocycles. The second-order valence-electron chi connectivity index (χ2n) is 8.11. The minimum atomic E-state index is -1.21. The van der Waals surface area contributed by atoms with Gasteiger partial charge in [-0.3, -0.25) is 4.90 Å². The number of aryl methyl sites for hydroxylation is 1. The molecule has 0 aliphatic carbocycles. The SMILES string of the molecule is C.Cc1ccc(N/C=C(\N)c2ccc(CN3CCC=C([C@](C)(O)CO)C3)c(O)c2)cc1. The highest BCUT2D eigenvalue weighted by Crippen LogP contribution is 2.27. The highest BCUT2D eigenvalue weighted by Gasteiger charge is 2.28. The molecule has 6 N–H and O–H groups in total. The summed E-state index contributed by atoms with van der Waals surface area (Å²) >= 11 is 0. The number of aliphatic hydroxyl groups is 2. The maximum atomic E-state index is 10.5. The first kappa shape index (κ1) is 24.5. The number of benzene rings is 2. The van der Waals surface area contributed by atoms with Crippen molar-refractivity contribution in [1.82, 2.24) is 4.90 Å². The molecule has 2 aromatic carbocycles. The molecule has 2 aromatic rings. The summed E-state index contributed by atoms with van der Waals surface area (Å²) in [5.74, 6) is 0.184. The summed E-state index contributed by atoms with van der Waals surface area (Å²) in [5.41, 5.74) is 9.96. The fraction of sp³-hybridized carbons (Fsp3) is 0.360. The van der Waals surface area contributed by atoms with Crippen LogP contribution in [0.1, 0.15) is 37.5 Å². The van der Waals surface area contributed by atoms with Crippen LogP contribution < -0.4 is 11.1 Å². The van der Waals surface area contributed by atoms with E-state index in [0.717, 1.165) is 35.4 Å². The average molecular weight is 426 g/mol. The number of hydrogen-bond donors (Lipinski definition) is 5. The molecular formula is C25H35N3O3. The smallest absolute Gasteiger partial charge is 0.120 e. The van der Waals surface area contributed by atoms with Crippen LogP contribution in [0, 0.1) is 6.92 Å². The zero-order valence-electron chi connectivity index (χ0n) is 17.6. The maximum absolute atomic E-state index is 10.5. The second-order valence-corrected chi connectivity index (χ2v) is 8.11. The molecule has 3 rings (SSSR count). The molecule has 6 heteroatoms. The predicted octanol–water partition coefficient (Wildman–Crippen LogP) is 3.58. The zero-order chi connectivity index (χ0) is 21.7. The fourth-order valence-electron chi connectivity index (χ4n) is 3.44. The summed E-state index contributed by atoms with van der Waals surface area (Å²) in [5, 5.41) is 33.4. The topological polar surface area (TPSA) is 102 Å². The summed E-state index contributed by atoms with van der Waals surface area (Å²) in [6, 6.07) is 13.4. The first-order chi connectivity index (χ1) is 14.3. The standard InChI is InChI=1S/C24H31N3O3.CH4/c1-17-5-9-21(10-6-17)26-13-22(25)18-7-8-19(23(29)12-18)14-27-11-3-4-20(15-27)24(2,30)16-28;/h4-10,12-13,26,28-30H,3,11,14-16,25H2,1-2H3;1H4/b22-13-;/t24-;/m1./s1. The van der Waals surface area contributed by atoms with Crippen LogP contribution in [-0.4, -0.2) is 45.5 Å². The van der Waals surface area contributed by atoms with Gasteiger partial charge in [0.1, 0.15) is 11.4 Å². The molecule has 1 aliphatic heterocycles. The minimum Gasteiger partial charge on any atom is -0.508 e. The Morgan fingerprint density at radius 2 is 1.94 bits per heavy atom. The molecule has 6 nitrogen and oxygen atoms in total. The van der Waals surface area contributed by atoms with Crippen LogP contribution in [0.2, 0.25) is 0 Å². The van der Waals surface area contributed by atoms with Crippen molar-refractivity contribution in [1.29, 1.82) is 0 Å². The largest absolute Gasteiger partial charge is 0.508 e. The lowest BCUT2D eigenvalue weighted by Crippen LogP contribution is -2.40. The molecule has 1 aliphatic rings. The number of aromatic hydroxyl groups is 1. The van der Waals surface area contributed by atoms with Gasteiger partial charge in [0.2, 0.25) is 0 Å². The third-order valence-electron chi connectivity index (χ3n) is 5.49. The summed E-state index contributed by atoms with van der Waals surface area (Å²) in [6.45, 7) is 5.28. The summed E-state index contributed by atoms with van der Waals surface area (Å²) in [4.78, 5) is 2.15. The number of hydrogen-bond acceptors (Lipinski definition) is 6. The van der Waals surface area contributed by atoms with Crippen LogP contribution in [0.4, 0.5) is 5.69 Å². The van der Waals surface area contributed by atoms with Crippen molar-refractivity contribution in [2.75, 3.05) is 25.0 Å². The van der Waals surface area contributed by atoms with Crippen molar-refractivity contribution in [2.45, 2.75) is 39.8 Å². The van der Waals surface area contributed by atoms with Crippen molar-refractivity contribution < 1.29 is 15.3 Å². The van der Waals surface area contributed by atoms with Gasteiger partial charge in [0, 0.05) is 42.6 Å². The van der Waals surface area contributed by atoms with Crippen molar-refractivity contribution >= 4 is 11.4 Å². The Hall–Kier alpha value is -2.80. The lowest BCUT2D eigenvalue weighted by atomic mass is 9.92. The Labute approximate surface area is 185 Å². The first-order valence-corrected chi connectivity index (χ1v) is 10.1. The molecule has 0 spiro atoms. The fourth-order valence-corrected chi connectivity index (χ4v) is 3.44. The number of phenols is 1. The quantitative estimate of drug-likeness (QED) is 0.435. The van der Waals surface area contributed by atoms with E-state index in [0.29, 0.717) is 18.8 Å². The highest BCUT2D eigenvalue weighted by atomic mass is 16.3. The van der Waals surface area contributed by atoms with Gasteiger partial charge in [-0.2, -0.15) is 0 Å². The Morgan fingerprint density at radius 3 is 2.58 bits per heavy atom. The van der Waals surface area contributed by atoms with Crippen LogP contribution in [0.5, 0.6) is 5.75 Å². The van der Waals surface area contributed by atoms with E-state index in [4.69, 9.17) is 5.73 Å². The van der Waals surface area contributed by atoms with Gasteiger partial charge in [-0.25, -0.2) is 0 Å². The van der Waals surface area contributed by atoms with Gasteiger partial charge in [-0.15, -0.1) is 0 Å². The molecule has 0 radical (unpaired) electrons. The second kappa shape index (κ2) is 10.5. The summed E-state index contributed by atoms with van der Waals surface area (Å²) in [6.07, 6.45) is 4.50. The van der Waals surface area contributed by atoms with E-state index in [1.807, 2.05) is 49.4 Å². The molecule has 0 fully saturated rings. The molecular weight excluding hydrogens is 390 g/mol. The van der Waals surface area contributed by atoms with Crippen molar-refractivity contribution in [2.24, 2.45) is 5.73 Å². The Balaban J connectivity index is 0.00000341. The monoisotopic (exact) mass is 425 g/mol. The number of nitrogens with zero attached hydrogens (tertiary/aromatic N) is 1. The van der Waals surface area contributed by atoms with Crippen LogP contribution in [0.25, 0.3) is 5.70 Å². The normalized spacial score (nSPS) is 16.8. The first-order valence-electron chi connectivity index (χ1n) is 10.1. The van der Waals surface area contributed by atoms with Crippen LogP contribution in [-0.2, 0) is 6.54 Å². The summed E-state index contributed by atoms with van der Waals surface area (Å²) in [7, 11) is 0. The predicted molar refractivity (Wildman–Crippen MR) is 127 cm³/mol. The highest BCUT2D eigenvalue weighted by molar-refractivity contribution is 5.67. The van der Waals surface area contributed by atoms with E-state index in [1.165, 1.54) is 5.56 Å². The van der Waals surface area contributed by atoms with Crippen LogP contribution >= 0.6 is 0 Å². The van der Waals surface area contributed by atoms with Crippen molar-refractivity contribution in [3.8, 4) is 5.75 Å². The van der Waals surface area contributed by atoms with Gasteiger partial charge in [0.15, 0.2) is 0 Å². The number of aliphatic hydroxyl groups excluding tert-OH is 1. The van der Waals surface area contributed by atoms with E-state index in [9.17, 15) is 15.3 Å². The van der Waals surface area contributed by atoms with Gasteiger partial charge < -0.3 is 26.4 Å². The molecule has 1 heterocycles. The van der Waals surface area contributed by atoms with E-state index >= 15 is 0 Å². The maximum Gasteiger partial charge on any atom is 0.120 e. The third-order valence-corrected chi connectivity index (χ3v) is 5.49. The van der Waals surface area contributed by atoms with Crippen LogP contribution in [0.3, 0.4) is 0 Å². The minimum absolute atomic E-state index is 0. The summed E-state index contributed by atoms with van der Waals surface area (Å²) < 4.78 is 0. The molecule has 0 bridgehead atoms. The lowest BCUT2D eigenvalue weighted by molar-refractivity contribution is 0.0247. The van der Waals surface area contributed by atoms with Gasteiger partial charge >= 0.3 is 0 Å². The zero-order valence-corrected chi connectivity index (χ0v) is 17.6. The van der Waals surface area contributed by atoms with E-state index in [-0.39, 0.29) is 19.8 Å². The molecule has 0 aromatic heterocycles. The average Bonchev–Trinajstić information content (AvgIpc) is 2.74. The number of nitrogens with two attached hydrogens (primary N) is 1. The number of phenolic OH excluding ortho intramolecular Hbond substituents is 1. The molecule has 168 valence electrons. The third kappa shape index (κ3) is 6.34. The number of nitrogens with one attached hydrogen (secondary N) is 1. The molecule has 1 atom stereocenters. The van der Waals surface area contributed by atoms with E-state index in [1.54, 1.807) is 19.2 Å². The number of rotatable bonds is 7. The van der Waals surface area contributed by atoms with Crippen LogP contribution in [0.15, 0.2) is 60.3 Å². The molecule has 0 amide bonds. The van der Waals surface area contributed by atoms with Crippen molar-refractivity contribution in [3.05, 3.63) is 77.0 Å². The molecule has 0 saturated carbocycles. The van der Waals surface area contributed by atoms with Gasteiger partial charge in [-0.05, 0) is 44.0 Å². The Morgan fingerprint density at radius 1 is 1.23 bits per heavy atom. The number of anilines is 1. The van der Waals surface area contributed by atoms with Crippen molar-refractivity contribution in [3.63, 3.8) is 0 Å². The Kier molecular flexibility index (Phi) is 8.28. The molecule has 0 unspecified atom stereocenters.